The predicted octanol–water partition coefficient (Wildman–Crippen LogP) is 4.68. The Bertz CT molecular complexity index is 658. The van der Waals surface area contributed by atoms with Crippen LogP contribution in [0.25, 0.3) is 0 Å². The van der Waals surface area contributed by atoms with Crippen molar-refractivity contribution in [1.82, 2.24) is 5.32 Å². The number of carbonyl (C=O) groups excluding carboxylic acids is 1. The molecule has 2 aromatic rings. The lowest BCUT2D eigenvalue weighted by atomic mass is 10.1. The first-order chi connectivity index (χ1) is 11.0. The van der Waals surface area contributed by atoms with Crippen LogP contribution in [0.15, 0.2) is 48.5 Å². The van der Waals surface area contributed by atoms with Crippen molar-refractivity contribution in [2.45, 2.75) is 39.3 Å². The van der Waals surface area contributed by atoms with Gasteiger partial charge in [-0.15, -0.1) is 0 Å². The number of hydrogen-bond acceptors (Lipinski definition) is 2. The van der Waals surface area contributed by atoms with Crippen molar-refractivity contribution < 1.29 is 9.53 Å². The van der Waals surface area contributed by atoms with E-state index < -0.39 is 6.10 Å². The topological polar surface area (TPSA) is 38.3 Å². The summed E-state index contributed by atoms with van der Waals surface area (Å²) in [5.74, 6) is 0.540. The molecule has 0 bridgehead atoms. The molecule has 1 amide bonds. The van der Waals surface area contributed by atoms with Gasteiger partial charge in [0.2, 0.25) is 0 Å². The Morgan fingerprint density at radius 2 is 1.91 bits per heavy atom. The lowest BCUT2D eigenvalue weighted by Crippen LogP contribution is -2.39. The number of ether oxygens (including phenoxy) is 1. The zero-order chi connectivity index (χ0) is 16.8. The van der Waals surface area contributed by atoms with Gasteiger partial charge in [-0.2, -0.15) is 0 Å². The maximum absolute atomic E-state index is 12.5. The van der Waals surface area contributed by atoms with Gasteiger partial charge in [0, 0.05) is 5.02 Å². The van der Waals surface area contributed by atoms with E-state index in [0.29, 0.717) is 17.2 Å². The van der Waals surface area contributed by atoms with Crippen LogP contribution in [0.5, 0.6) is 5.75 Å². The molecule has 0 aliphatic heterocycles. The summed E-state index contributed by atoms with van der Waals surface area (Å²) in [6.45, 7) is 5.81. The minimum absolute atomic E-state index is 0.0618. The average molecular weight is 332 g/mol. The molecule has 2 atom stereocenters. The third kappa shape index (κ3) is 4.73. The summed E-state index contributed by atoms with van der Waals surface area (Å²) in [6, 6.07) is 15.2. The number of nitrogens with one attached hydrogen (secondary N) is 1. The molecular weight excluding hydrogens is 310 g/mol. The molecule has 2 aromatic carbocycles. The normalized spacial score (nSPS) is 13.2. The van der Waals surface area contributed by atoms with E-state index in [-0.39, 0.29) is 11.9 Å². The lowest BCUT2D eigenvalue weighted by Gasteiger charge is -2.21. The highest BCUT2D eigenvalue weighted by atomic mass is 35.5. The fraction of sp³-hybridized carbons (Fsp3) is 0.316. The Balaban J connectivity index is 2.02. The molecule has 0 fully saturated rings. The van der Waals surface area contributed by atoms with Crippen LogP contribution in [0.3, 0.4) is 0 Å². The second-order valence-electron chi connectivity index (χ2n) is 5.57. The molecule has 4 heteroatoms. The zero-order valence-electron chi connectivity index (χ0n) is 13.7. The van der Waals surface area contributed by atoms with Crippen LogP contribution < -0.4 is 10.1 Å². The number of hydrogen-bond donors (Lipinski definition) is 1. The molecule has 2 rings (SSSR count). The van der Waals surface area contributed by atoms with E-state index in [4.69, 9.17) is 16.3 Å². The molecule has 0 aliphatic rings. The van der Waals surface area contributed by atoms with Crippen molar-refractivity contribution in [2.24, 2.45) is 0 Å². The van der Waals surface area contributed by atoms with E-state index in [1.54, 1.807) is 12.1 Å². The van der Waals surface area contributed by atoms with E-state index in [9.17, 15) is 4.79 Å². The summed E-state index contributed by atoms with van der Waals surface area (Å²) in [6.07, 6.45) is 0.0661. The molecule has 0 saturated carbocycles. The number of aryl methyl sites for hydroxylation is 1. The Morgan fingerprint density at radius 1 is 1.22 bits per heavy atom. The fourth-order valence-corrected chi connectivity index (χ4v) is 2.43. The van der Waals surface area contributed by atoms with Crippen molar-refractivity contribution >= 4 is 17.5 Å². The molecular formula is C19H22ClNO2. The highest BCUT2D eigenvalue weighted by Gasteiger charge is 2.20. The van der Waals surface area contributed by atoms with Crippen molar-refractivity contribution in [3.05, 3.63) is 64.7 Å². The summed E-state index contributed by atoms with van der Waals surface area (Å²) in [5, 5.41) is 3.69. The van der Waals surface area contributed by atoms with E-state index in [1.807, 2.05) is 57.2 Å². The zero-order valence-corrected chi connectivity index (χ0v) is 14.4. The molecule has 0 aliphatic carbocycles. The quantitative estimate of drug-likeness (QED) is 0.834. The monoisotopic (exact) mass is 331 g/mol. The number of rotatable bonds is 6. The highest BCUT2D eigenvalue weighted by molar-refractivity contribution is 6.31. The number of carbonyl (C=O) groups is 1. The van der Waals surface area contributed by atoms with Crippen molar-refractivity contribution in [2.75, 3.05) is 0 Å². The van der Waals surface area contributed by atoms with Gasteiger partial charge >= 0.3 is 0 Å². The molecule has 0 aromatic heterocycles. The third-order valence-corrected chi connectivity index (χ3v) is 4.15. The van der Waals surface area contributed by atoms with Gasteiger partial charge < -0.3 is 10.1 Å². The largest absolute Gasteiger partial charge is 0.481 e. The highest BCUT2D eigenvalue weighted by Crippen LogP contribution is 2.22. The van der Waals surface area contributed by atoms with Gasteiger partial charge in [0.05, 0.1) is 6.04 Å². The average Bonchev–Trinajstić information content (AvgIpc) is 2.56. The van der Waals surface area contributed by atoms with Crippen molar-refractivity contribution in [3.8, 4) is 5.75 Å². The van der Waals surface area contributed by atoms with Crippen LogP contribution in [0.1, 0.15) is 37.4 Å². The predicted molar refractivity (Wildman–Crippen MR) is 93.9 cm³/mol. The lowest BCUT2D eigenvalue weighted by molar-refractivity contribution is -0.128. The van der Waals surface area contributed by atoms with Crippen LogP contribution in [0.2, 0.25) is 5.02 Å². The summed E-state index contributed by atoms with van der Waals surface area (Å²) in [5.41, 5.74) is 2.00. The third-order valence-electron chi connectivity index (χ3n) is 3.73. The van der Waals surface area contributed by atoms with E-state index in [0.717, 1.165) is 11.1 Å². The van der Waals surface area contributed by atoms with Gasteiger partial charge in [0.1, 0.15) is 5.75 Å². The van der Waals surface area contributed by atoms with Gasteiger partial charge in [-0.1, -0.05) is 48.9 Å². The van der Waals surface area contributed by atoms with Crippen LogP contribution in [-0.4, -0.2) is 12.0 Å². The van der Waals surface area contributed by atoms with E-state index in [1.165, 1.54) is 0 Å². The van der Waals surface area contributed by atoms with Crippen molar-refractivity contribution in [3.63, 3.8) is 0 Å². The molecule has 23 heavy (non-hydrogen) atoms. The molecule has 0 radical (unpaired) electrons. The number of amides is 1. The summed E-state index contributed by atoms with van der Waals surface area (Å²) < 4.78 is 5.83. The minimum Gasteiger partial charge on any atom is -0.481 e. The first kappa shape index (κ1) is 17.4. The Kier molecular flexibility index (Phi) is 6.05. The second kappa shape index (κ2) is 8.02. The Morgan fingerprint density at radius 3 is 2.52 bits per heavy atom. The molecule has 1 unspecified atom stereocenters. The molecule has 0 spiro atoms. The first-order valence-electron chi connectivity index (χ1n) is 7.79. The molecule has 0 saturated heterocycles. The van der Waals surface area contributed by atoms with E-state index >= 15 is 0 Å². The van der Waals surface area contributed by atoms with Crippen LogP contribution in [0, 0.1) is 6.92 Å². The first-order valence-corrected chi connectivity index (χ1v) is 8.17. The number of benzene rings is 2. The molecule has 3 nitrogen and oxygen atoms in total. The van der Waals surface area contributed by atoms with Crippen LogP contribution >= 0.6 is 11.6 Å². The molecule has 1 N–H and O–H groups in total. The molecule has 122 valence electrons. The second-order valence-corrected chi connectivity index (χ2v) is 5.97. The van der Waals surface area contributed by atoms with Gasteiger partial charge in [-0.3, -0.25) is 4.79 Å². The van der Waals surface area contributed by atoms with Gasteiger partial charge in [0.25, 0.3) is 5.91 Å². The standard InChI is InChI=1S/C19H22ClNO2/c1-4-18(23-16-10-11-17(20)13(2)12-16)19(22)21-14(3)15-8-6-5-7-9-15/h5-12,14,18H,4H2,1-3H3,(H,21,22)/t14-,18?/m0/s1. The maximum atomic E-state index is 12.5. The summed E-state index contributed by atoms with van der Waals surface area (Å²) in [7, 11) is 0. The summed E-state index contributed by atoms with van der Waals surface area (Å²) >= 11 is 6.02. The smallest absolute Gasteiger partial charge is 0.261 e. The maximum Gasteiger partial charge on any atom is 0.261 e. The van der Waals surface area contributed by atoms with E-state index in [2.05, 4.69) is 5.32 Å². The van der Waals surface area contributed by atoms with Crippen LogP contribution in [-0.2, 0) is 4.79 Å². The van der Waals surface area contributed by atoms with Crippen molar-refractivity contribution in [1.29, 1.82) is 0 Å². The SMILES string of the molecule is CCC(Oc1ccc(Cl)c(C)c1)C(=O)N[C@@H](C)c1ccccc1. The van der Waals surface area contributed by atoms with Gasteiger partial charge in [-0.25, -0.2) is 0 Å². The Labute approximate surface area is 142 Å². The molecule has 0 heterocycles. The van der Waals surface area contributed by atoms with Crippen LogP contribution in [0.4, 0.5) is 0 Å². The summed E-state index contributed by atoms with van der Waals surface area (Å²) in [4.78, 5) is 12.5. The Hall–Kier alpha value is -2.00. The van der Waals surface area contributed by atoms with Gasteiger partial charge in [-0.05, 0) is 49.6 Å². The van der Waals surface area contributed by atoms with Gasteiger partial charge in [0.15, 0.2) is 6.10 Å². The minimum atomic E-state index is -0.526. The fourth-order valence-electron chi connectivity index (χ4n) is 2.31. The number of halogens is 1.